The van der Waals surface area contributed by atoms with Gasteiger partial charge < -0.3 is 5.73 Å². The van der Waals surface area contributed by atoms with Crippen molar-refractivity contribution in [3.8, 4) is 0 Å². The third-order valence-corrected chi connectivity index (χ3v) is 3.35. The summed E-state index contributed by atoms with van der Waals surface area (Å²) in [7, 11) is 0. The lowest BCUT2D eigenvalue weighted by Crippen LogP contribution is -2.18. The summed E-state index contributed by atoms with van der Waals surface area (Å²) in [6, 6.07) is 8.72. The molecule has 0 saturated heterocycles. The predicted molar refractivity (Wildman–Crippen MR) is 79.2 cm³/mol. The SMILES string of the molecule is CCn1nc(C)cc1C(N)Cc1cc(C)cc(C)c1. The van der Waals surface area contributed by atoms with Gasteiger partial charge in [-0.05, 0) is 45.7 Å². The molecule has 3 heteroatoms. The number of aryl methyl sites for hydroxylation is 4. The topological polar surface area (TPSA) is 43.8 Å². The Morgan fingerprint density at radius 1 is 1.11 bits per heavy atom. The molecule has 2 aromatic rings. The van der Waals surface area contributed by atoms with Crippen molar-refractivity contribution >= 4 is 0 Å². The van der Waals surface area contributed by atoms with E-state index in [0.717, 1.165) is 24.4 Å². The zero-order valence-corrected chi connectivity index (χ0v) is 12.3. The predicted octanol–water partition coefficient (Wildman–Crippen LogP) is 3.07. The van der Waals surface area contributed by atoms with Crippen molar-refractivity contribution in [2.24, 2.45) is 5.73 Å². The molecule has 0 amide bonds. The van der Waals surface area contributed by atoms with Crippen LogP contribution in [0.5, 0.6) is 0 Å². The molecule has 1 aromatic carbocycles. The molecule has 1 heterocycles. The van der Waals surface area contributed by atoms with E-state index in [2.05, 4.69) is 50.1 Å². The third kappa shape index (κ3) is 3.24. The van der Waals surface area contributed by atoms with Gasteiger partial charge in [0.05, 0.1) is 17.4 Å². The first kappa shape index (κ1) is 13.8. The highest BCUT2D eigenvalue weighted by molar-refractivity contribution is 5.30. The minimum absolute atomic E-state index is 0.00218. The Hall–Kier alpha value is -1.61. The van der Waals surface area contributed by atoms with Crippen LogP contribution in [0.25, 0.3) is 0 Å². The molecule has 0 saturated carbocycles. The molecule has 2 rings (SSSR count). The minimum atomic E-state index is 0.00218. The molecule has 3 nitrogen and oxygen atoms in total. The molecule has 102 valence electrons. The Labute approximate surface area is 115 Å². The van der Waals surface area contributed by atoms with Gasteiger partial charge in [-0.25, -0.2) is 0 Å². The first-order chi connectivity index (χ1) is 8.99. The summed E-state index contributed by atoms with van der Waals surface area (Å²) in [5.74, 6) is 0. The zero-order valence-electron chi connectivity index (χ0n) is 12.3. The lowest BCUT2D eigenvalue weighted by atomic mass is 10.00. The number of hydrogen-bond acceptors (Lipinski definition) is 2. The number of nitrogens with zero attached hydrogens (tertiary/aromatic N) is 2. The highest BCUT2D eigenvalue weighted by Crippen LogP contribution is 2.19. The van der Waals surface area contributed by atoms with Gasteiger partial charge in [-0.3, -0.25) is 4.68 Å². The molecule has 0 aliphatic heterocycles. The van der Waals surface area contributed by atoms with Crippen molar-refractivity contribution in [2.45, 2.75) is 46.7 Å². The standard InChI is InChI=1S/C16H23N3/c1-5-19-16(9-13(4)18-19)15(17)10-14-7-11(2)6-12(3)8-14/h6-9,15H,5,10,17H2,1-4H3. The van der Waals surface area contributed by atoms with E-state index < -0.39 is 0 Å². The summed E-state index contributed by atoms with van der Waals surface area (Å²) in [4.78, 5) is 0. The van der Waals surface area contributed by atoms with E-state index in [1.165, 1.54) is 16.7 Å². The summed E-state index contributed by atoms with van der Waals surface area (Å²) in [6.07, 6.45) is 0.855. The zero-order chi connectivity index (χ0) is 14.0. The van der Waals surface area contributed by atoms with Gasteiger partial charge in [0.1, 0.15) is 0 Å². The van der Waals surface area contributed by atoms with Crippen LogP contribution in [0.15, 0.2) is 24.3 Å². The van der Waals surface area contributed by atoms with Crippen molar-refractivity contribution in [1.82, 2.24) is 9.78 Å². The van der Waals surface area contributed by atoms with Gasteiger partial charge >= 0.3 is 0 Å². The Balaban J connectivity index is 2.22. The quantitative estimate of drug-likeness (QED) is 0.914. The average Bonchev–Trinajstić information content (AvgIpc) is 2.69. The smallest absolute Gasteiger partial charge is 0.0597 e. The fourth-order valence-corrected chi connectivity index (χ4v) is 2.66. The summed E-state index contributed by atoms with van der Waals surface area (Å²) >= 11 is 0. The van der Waals surface area contributed by atoms with Crippen molar-refractivity contribution in [3.05, 3.63) is 52.3 Å². The van der Waals surface area contributed by atoms with Crippen molar-refractivity contribution < 1.29 is 0 Å². The molecule has 0 aliphatic rings. The molecule has 1 atom stereocenters. The number of rotatable bonds is 4. The van der Waals surface area contributed by atoms with Gasteiger partial charge in [-0.1, -0.05) is 29.3 Å². The minimum Gasteiger partial charge on any atom is -0.322 e. The maximum atomic E-state index is 6.36. The molecular formula is C16H23N3. The van der Waals surface area contributed by atoms with Crippen molar-refractivity contribution in [1.29, 1.82) is 0 Å². The van der Waals surface area contributed by atoms with E-state index in [1.54, 1.807) is 0 Å². The van der Waals surface area contributed by atoms with E-state index in [4.69, 9.17) is 5.73 Å². The van der Waals surface area contributed by atoms with Crippen LogP contribution in [0, 0.1) is 20.8 Å². The fraction of sp³-hybridized carbons (Fsp3) is 0.438. The maximum Gasteiger partial charge on any atom is 0.0597 e. The Morgan fingerprint density at radius 2 is 1.74 bits per heavy atom. The molecule has 1 unspecified atom stereocenters. The van der Waals surface area contributed by atoms with Gasteiger partial charge in [-0.2, -0.15) is 5.10 Å². The summed E-state index contributed by atoms with van der Waals surface area (Å²) in [5.41, 5.74) is 12.4. The molecule has 19 heavy (non-hydrogen) atoms. The van der Waals surface area contributed by atoms with Crippen LogP contribution in [0.1, 0.15) is 41.0 Å². The molecule has 1 aromatic heterocycles. The number of benzene rings is 1. The van der Waals surface area contributed by atoms with Gasteiger partial charge in [0.25, 0.3) is 0 Å². The van der Waals surface area contributed by atoms with Crippen LogP contribution in [0.4, 0.5) is 0 Å². The second-order valence-corrected chi connectivity index (χ2v) is 5.33. The van der Waals surface area contributed by atoms with Crippen molar-refractivity contribution in [2.75, 3.05) is 0 Å². The number of nitrogens with two attached hydrogens (primary N) is 1. The number of aromatic nitrogens is 2. The van der Waals surface area contributed by atoms with Gasteiger partial charge in [-0.15, -0.1) is 0 Å². The van der Waals surface area contributed by atoms with Crippen LogP contribution in [0.3, 0.4) is 0 Å². The van der Waals surface area contributed by atoms with Gasteiger partial charge in [0, 0.05) is 6.54 Å². The van der Waals surface area contributed by atoms with E-state index in [-0.39, 0.29) is 6.04 Å². The Morgan fingerprint density at radius 3 is 2.32 bits per heavy atom. The van der Waals surface area contributed by atoms with E-state index in [9.17, 15) is 0 Å². The molecule has 0 radical (unpaired) electrons. The second-order valence-electron chi connectivity index (χ2n) is 5.33. The van der Waals surface area contributed by atoms with Gasteiger partial charge in [0.15, 0.2) is 0 Å². The summed E-state index contributed by atoms with van der Waals surface area (Å²) in [6.45, 7) is 9.23. The lowest BCUT2D eigenvalue weighted by molar-refractivity contribution is 0.566. The largest absolute Gasteiger partial charge is 0.322 e. The first-order valence-corrected chi connectivity index (χ1v) is 6.86. The first-order valence-electron chi connectivity index (χ1n) is 6.86. The Kier molecular flexibility index (Phi) is 4.05. The highest BCUT2D eigenvalue weighted by Gasteiger charge is 2.13. The summed E-state index contributed by atoms with van der Waals surface area (Å²) < 4.78 is 2.00. The van der Waals surface area contributed by atoms with E-state index >= 15 is 0 Å². The van der Waals surface area contributed by atoms with Crippen LogP contribution in [0.2, 0.25) is 0 Å². The molecule has 0 aliphatic carbocycles. The monoisotopic (exact) mass is 257 g/mol. The molecule has 0 bridgehead atoms. The maximum absolute atomic E-state index is 6.36. The van der Waals surface area contributed by atoms with Crippen LogP contribution >= 0.6 is 0 Å². The molecule has 0 spiro atoms. The van der Waals surface area contributed by atoms with Gasteiger partial charge in [0.2, 0.25) is 0 Å². The van der Waals surface area contributed by atoms with Crippen LogP contribution in [-0.4, -0.2) is 9.78 Å². The fourth-order valence-electron chi connectivity index (χ4n) is 2.66. The number of hydrogen-bond donors (Lipinski definition) is 1. The highest BCUT2D eigenvalue weighted by atomic mass is 15.3. The lowest BCUT2D eigenvalue weighted by Gasteiger charge is -2.14. The van der Waals surface area contributed by atoms with E-state index in [0.29, 0.717) is 0 Å². The normalized spacial score (nSPS) is 12.7. The van der Waals surface area contributed by atoms with Crippen molar-refractivity contribution in [3.63, 3.8) is 0 Å². The second kappa shape index (κ2) is 5.57. The third-order valence-electron chi connectivity index (χ3n) is 3.35. The summed E-state index contributed by atoms with van der Waals surface area (Å²) in [5, 5.41) is 4.46. The molecule has 0 fully saturated rings. The molecular weight excluding hydrogens is 234 g/mol. The average molecular weight is 257 g/mol. The molecule has 2 N–H and O–H groups in total. The van der Waals surface area contributed by atoms with Crippen LogP contribution < -0.4 is 5.73 Å². The van der Waals surface area contributed by atoms with Crippen LogP contribution in [-0.2, 0) is 13.0 Å². The van der Waals surface area contributed by atoms with E-state index in [1.807, 2.05) is 11.6 Å². The Bertz CT molecular complexity index is 549.